The van der Waals surface area contributed by atoms with Crippen molar-refractivity contribution in [2.45, 2.75) is 25.9 Å². The number of hydrogen-bond donors (Lipinski definition) is 3. The van der Waals surface area contributed by atoms with Crippen LogP contribution in [0.2, 0.25) is 0 Å². The molecule has 0 saturated carbocycles. The summed E-state index contributed by atoms with van der Waals surface area (Å²) in [6, 6.07) is 1.95. The van der Waals surface area contributed by atoms with Crippen molar-refractivity contribution in [2.24, 2.45) is 0 Å². The highest BCUT2D eigenvalue weighted by Gasteiger charge is 2.08. The normalized spacial score (nSPS) is 12.8. The van der Waals surface area contributed by atoms with E-state index in [9.17, 15) is 5.11 Å². The maximum atomic E-state index is 9.67. The summed E-state index contributed by atoms with van der Waals surface area (Å²) < 4.78 is 0. The van der Waals surface area contributed by atoms with E-state index in [1.807, 2.05) is 18.4 Å². The van der Waals surface area contributed by atoms with Crippen LogP contribution in [-0.2, 0) is 0 Å². The van der Waals surface area contributed by atoms with Crippen LogP contribution in [0.5, 0.6) is 0 Å². The summed E-state index contributed by atoms with van der Waals surface area (Å²) in [6.45, 7) is 2.53. The number of nitrogens with two attached hydrogens (primary N) is 1. The first-order valence-electron chi connectivity index (χ1n) is 5.63. The van der Waals surface area contributed by atoms with E-state index < -0.39 is 0 Å². The van der Waals surface area contributed by atoms with Crippen LogP contribution in [0.4, 0.5) is 11.8 Å². The van der Waals surface area contributed by atoms with Gasteiger partial charge in [-0.25, -0.2) is 4.98 Å². The molecule has 2 rings (SSSR count). The monoisotopic (exact) mass is 252 g/mol. The van der Waals surface area contributed by atoms with Crippen LogP contribution in [0, 0.1) is 0 Å². The third-order valence-electron chi connectivity index (χ3n) is 2.47. The lowest BCUT2D eigenvalue weighted by atomic mass is 10.2. The van der Waals surface area contributed by atoms with E-state index in [1.165, 1.54) is 11.3 Å². The average molecular weight is 252 g/mol. The summed E-state index contributed by atoms with van der Waals surface area (Å²) in [7, 11) is 0. The number of rotatable bonds is 5. The molecule has 4 N–H and O–H groups in total. The zero-order valence-corrected chi connectivity index (χ0v) is 10.5. The van der Waals surface area contributed by atoms with Crippen molar-refractivity contribution >= 4 is 33.3 Å². The lowest BCUT2D eigenvalue weighted by Crippen LogP contribution is -2.19. The van der Waals surface area contributed by atoms with Crippen LogP contribution in [0.25, 0.3) is 10.2 Å². The molecule has 0 aromatic carbocycles. The predicted octanol–water partition coefficient (Wildman–Crippen LogP) is 1.85. The van der Waals surface area contributed by atoms with Gasteiger partial charge in [0.15, 0.2) is 0 Å². The van der Waals surface area contributed by atoms with E-state index in [-0.39, 0.29) is 12.1 Å². The predicted molar refractivity (Wildman–Crippen MR) is 71.2 cm³/mol. The molecule has 92 valence electrons. The van der Waals surface area contributed by atoms with Crippen LogP contribution in [0.3, 0.4) is 0 Å². The molecule has 1 atom stereocenters. The summed E-state index contributed by atoms with van der Waals surface area (Å²) in [5.74, 6) is 0.955. The van der Waals surface area contributed by atoms with E-state index in [0.717, 1.165) is 23.1 Å². The highest BCUT2D eigenvalue weighted by atomic mass is 32.1. The Hall–Kier alpha value is -1.40. The molecule has 0 fully saturated rings. The minimum absolute atomic E-state index is 0.257. The Morgan fingerprint density at radius 1 is 1.53 bits per heavy atom. The molecule has 0 aliphatic carbocycles. The topological polar surface area (TPSA) is 84.1 Å². The number of aliphatic hydroxyl groups excluding tert-OH is 1. The van der Waals surface area contributed by atoms with Crippen LogP contribution in [-0.4, -0.2) is 27.7 Å². The fourth-order valence-corrected chi connectivity index (χ4v) is 2.43. The zero-order valence-electron chi connectivity index (χ0n) is 9.68. The van der Waals surface area contributed by atoms with Crippen molar-refractivity contribution < 1.29 is 5.11 Å². The largest absolute Gasteiger partial charge is 0.391 e. The maximum absolute atomic E-state index is 9.67. The van der Waals surface area contributed by atoms with Gasteiger partial charge in [0.1, 0.15) is 10.6 Å². The second-order valence-corrected chi connectivity index (χ2v) is 4.79. The van der Waals surface area contributed by atoms with Crippen molar-refractivity contribution in [1.82, 2.24) is 9.97 Å². The van der Waals surface area contributed by atoms with Gasteiger partial charge < -0.3 is 16.2 Å². The smallest absolute Gasteiger partial charge is 0.223 e. The van der Waals surface area contributed by atoms with E-state index in [2.05, 4.69) is 15.3 Å². The molecule has 0 aliphatic heterocycles. The molecule has 2 aromatic heterocycles. The molecule has 0 spiro atoms. The molecule has 0 saturated heterocycles. The van der Waals surface area contributed by atoms with Gasteiger partial charge in [0.2, 0.25) is 5.95 Å². The maximum Gasteiger partial charge on any atom is 0.223 e. The Kier molecular flexibility index (Phi) is 3.75. The summed E-state index contributed by atoms with van der Waals surface area (Å²) in [4.78, 5) is 9.16. The molecule has 0 amide bonds. The Labute approximate surface area is 104 Å². The van der Waals surface area contributed by atoms with Crippen LogP contribution < -0.4 is 11.1 Å². The van der Waals surface area contributed by atoms with Gasteiger partial charge in [0, 0.05) is 6.54 Å². The number of aliphatic hydroxyl groups is 1. The van der Waals surface area contributed by atoms with Gasteiger partial charge in [-0.1, -0.05) is 13.3 Å². The minimum Gasteiger partial charge on any atom is -0.391 e. The van der Waals surface area contributed by atoms with Crippen molar-refractivity contribution in [2.75, 3.05) is 17.6 Å². The minimum atomic E-state index is -0.357. The van der Waals surface area contributed by atoms with Crippen molar-refractivity contribution in [3.8, 4) is 0 Å². The molecule has 2 aromatic rings. The number of nitrogens with one attached hydrogen (secondary N) is 1. The second-order valence-electron chi connectivity index (χ2n) is 3.89. The first kappa shape index (κ1) is 12.1. The molecule has 0 aliphatic rings. The summed E-state index contributed by atoms with van der Waals surface area (Å²) >= 11 is 1.53. The number of fused-ring (bicyclic) bond motifs is 1. The van der Waals surface area contributed by atoms with Gasteiger partial charge >= 0.3 is 0 Å². The lowest BCUT2D eigenvalue weighted by Gasteiger charge is -2.11. The summed E-state index contributed by atoms with van der Waals surface area (Å²) in [6.07, 6.45) is 1.38. The fraction of sp³-hybridized carbons (Fsp3) is 0.455. The SMILES string of the molecule is CCCC(O)CNc1nc(N)nc2sccc12. The lowest BCUT2D eigenvalue weighted by molar-refractivity contribution is 0.176. The highest BCUT2D eigenvalue weighted by molar-refractivity contribution is 7.16. The quantitative estimate of drug-likeness (QED) is 0.756. The van der Waals surface area contributed by atoms with Crippen molar-refractivity contribution in [1.29, 1.82) is 0 Å². The Morgan fingerprint density at radius 2 is 2.35 bits per heavy atom. The molecule has 6 heteroatoms. The summed E-state index contributed by atoms with van der Waals surface area (Å²) in [5, 5.41) is 15.7. The van der Waals surface area contributed by atoms with E-state index in [0.29, 0.717) is 12.4 Å². The molecular formula is C11H16N4OS. The zero-order chi connectivity index (χ0) is 12.3. The Morgan fingerprint density at radius 3 is 3.12 bits per heavy atom. The number of nitrogens with zero attached hydrogens (tertiary/aromatic N) is 2. The first-order valence-corrected chi connectivity index (χ1v) is 6.51. The number of aromatic nitrogens is 2. The number of nitrogen functional groups attached to an aromatic ring is 1. The Bertz CT molecular complexity index is 499. The third-order valence-corrected chi connectivity index (χ3v) is 3.28. The van der Waals surface area contributed by atoms with E-state index in [1.54, 1.807) is 0 Å². The fourth-order valence-electron chi connectivity index (χ4n) is 1.66. The molecule has 0 bridgehead atoms. The van der Waals surface area contributed by atoms with Gasteiger partial charge in [0.25, 0.3) is 0 Å². The van der Waals surface area contributed by atoms with Crippen LogP contribution in [0.1, 0.15) is 19.8 Å². The molecular weight excluding hydrogens is 236 g/mol. The summed E-state index contributed by atoms with van der Waals surface area (Å²) in [5.41, 5.74) is 5.63. The highest BCUT2D eigenvalue weighted by Crippen LogP contribution is 2.25. The van der Waals surface area contributed by atoms with Crippen LogP contribution >= 0.6 is 11.3 Å². The number of thiophene rings is 1. The van der Waals surface area contributed by atoms with Gasteiger partial charge in [-0.2, -0.15) is 4.98 Å². The number of hydrogen-bond acceptors (Lipinski definition) is 6. The van der Waals surface area contributed by atoms with Crippen LogP contribution in [0.15, 0.2) is 11.4 Å². The molecule has 17 heavy (non-hydrogen) atoms. The molecule has 5 nitrogen and oxygen atoms in total. The Balaban J connectivity index is 2.14. The first-order chi connectivity index (χ1) is 8.20. The van der Waals surface area contributed by atoms with Crippen molar-refractivity contribution in [3.63, 3.8) is 0 Å². The molecule has 0 radical (unpaired) electrons. The third kappa shape index (κ3) is 2.83. The van der Waals surface area contributed by atoms with Gasteiger partial charge in [-0.05, 0) is 17.9 Å². The average Bonchev–Trinajstić information content (AvgIpc) is 2.74. The van der Waals surface area contributed by atoms with Gasteiger partial charge in [-0.3, -0.25) is 0 Å². The van der Waals surface area contributed by atoms with Crippen molar-refractivity contribution in [3.05, 3.63) is 11.4 Å². The van der Waals surface area contributed by atoms with Gasteiger partial charge in [-0.15, -0.1) is 11.3 Å². The standard InChI is InChI=1S/C11H16N4OS/c1-2-3-7(16)6-13-9-8-4-5-17-10(8)15-11(12)14-9/h4-5,7,16H,2-3,6H2,1H3,(H3,12,13,14,15). The van der Waals surface area contributed by atoms with E-state index >= 15 is 0 Å². The molecule has 1 unspecified atom stereocenters. The van der Waals surface area contributed by atoms with Gasteiger partial charge in [0.05, 0.1) is 11.5 Å². The second kappa shape index (κ2) is 5.29. The molecule has 2 heterocycles. The number of anilines is 2. The van der Waals surface area contributed by atoms with E-state index in [4.69, 9.17) is 5.73 Å².